The van der Waals surface area contributed by atoms with Gasteiger partial charge in [-0.05, 0) is 18.9 Å². The van der Waals surface area contributed by atoms with Crippen LogP contribution in [0.2, 0.25) is 0 Å². The fourth-order valence-electron chi connectivity index (χ4n) is 1.65. The van der Waals surface area contributed by atoms with Gasteiger partial charge in [-0.25, -0.2) is 0 Å². The van der Waals surface area contributed by atoms with Gasteiger partial charge in [0.2, 0.25) is 0 Å². The lowest BCUT2D eigenvalue weighted by atomic mass is 10.3. The maximum atomic E-state index is 10.6. The highest BCUT2D eigenvalue weighted by molar-refractivity contribution is 7.12. The molecule has 0 spiro atoms. The van der Waals surface area contributed by atoms with Gasteiger partial charge in [-0.1, -0.05) is 0 Å². The second-order valence-electron chi connectivity index (χ2n) is 3.74. The molecule has 1 aliphatic rings. The molecule has 1 saturated carbocycles. The third kappa shape index (κ3) is 2.58. The smallest absolute Gasteiger partial charge is 0.160 e. The second kappa shape index (κ2) is 4.77. The topological polar surface area (TPSA) is 29.5 Å². The zero-order valence-electron chi connectivity index (χ0n) is 8.81. The predicted octanol–water partition coefficient (Wildman–Crippen LogP) is 2.18. The minimum Gasteiger partial charge on any atom is -0.383 e. The molecular formula is C11H15NO2S. The zero-order chi connectivity index (χ0) is 10.7. The van der Waals surface area contributed by atoms with Crippen LogP contribution in [-0.2, 0) is 4.74 Å². The molecule has 4 heteroatoms. The van der Waals surface area contributed by atoms with E-state index in [1.54, 1.807) is 7.11 Å². The normalized spacial score (nSPS) is 15.3. The van der Waals surface area contributed by atoms with Crippen molar-refractivity contribution in [3.8, 4) is 0 Å². The molecule has 0 aromatic carbocycles. The molecular weight excluding hydrogens is 210 g/mol. The molecule has 2 rings (SSSR count). The summed E-state index contributed by atoms with van der Waals surface area (Å²) in [4.78, 5) is 13.7. The summed E-state index contributed by atoms with van der Waals surface area (Å²) in [6.07, 6.45) is 3.43. The van der Waals surface area contributed by atoms with E-state index in [4.69, 9.17) is 4.74 Å². The van der Waals surface area contributed by atoms with Crippen molar-refractivity contribution in [3.05, 3.63) is 16.3 Å². The molecule has 1 heterocycles. The summed E-state index contributed by atoms with van der Waals surface area (Å²) in [5, 5.41) is 2.05. The Hall–Kier alpha value is -0.870. The highest BCUT2D eigenvalue weighted by Crippen LogP contribution is 2.33. The molecule has 3 nitrogen and oxygen atoms in total. The molecule has 1 aromatic heterocycles. The van der Waals surface area contributed by atoms with Crippen molar-refractivity contribution in [2.24, 2.45) is 0 Å². The molecule has 0 unspecified atom stereocenters. The van der Waals surface area contributed by atoms with Gasteiger partial charge >= 0.3 is 0 Å². The summed E-state index contributed by atoms with van der Waals surface area (Å²) < 4.78 is 5.10. The number of hydrogen-bond donors (Lipinski definition) is 0. The fraction of sp³-hybridized carbons (Fsp3) is 0.545. The number of nitrogens with zero attached hydrogens (tertiary/aromatic N) is 1. The Morgan fingerprint density at radius 2 is 2.47 bits per heavy atom. The first-order chi connectivity index (χ1) is 7.35. The van der Waals surface area contributed by atoms with Crippen LogP contribution >= 0.6 is 11.3 Å². The zero-order valence-corrected chi connectivity index (χ0v) is 9.63. The van der Waals surface area contributed by atoms with E-state index in [-0.39, 0.29) is 0 Å². The number of carbonyl (C=O) groups excluding carboxylic acids is 1. The van der Waals surface area contributed by atoms with Crippen molar-refractivity contribution in [2.45, 2.75) is 18.9 Å². The van der Waals surface area contributed by atoms with Crippen molar-refractivity contribution in [3.63, 3.8) is 0 Å². The van der Waals surface area contributed by atoms with Crippen molar-refractivity contribution < 1.29 is 9.53 Å². The Morgan fingerprint density at radius 3 is 3.00 bits per heavy atom. The first-order valence-electron chi connectivity index (χ1n) is 5.14. The van der Waals surface area contributed by atoms with E-state index in [9.17, 15) is 4.79 Å². The van der Waals surface area contributed by atoms with E-state index in [0.717, 1.165) is 24.3 Å². The summed E-state index contributed by atoms with van der Waals surface area (Å²) >= 11 is 1.51. The number of methoxy groups -OCH3 is 1. The van der Waals surface area contributed by atoms with Gasteiger partial charge in [0.05, 0.1) is 11.5 Å². The quantitative estimate of drug-likeness (QED) is 0.695. The minimum atomic E-state index is 0.661. The van der Waals surface area contributed by atoms with Gasteiger partial charge in [-0.3, -0.25) is 4.79 Å². The first kappa shape index (κ1) is 10.6. The van der Waals surface area contributed by atoms with E-state index >= 15 is 0 Å². The van der Waals surface area contributed by atoms with Crippen molar-refractivity contribution >= 4 is 23.3 Å². The van der Waals surface area contributed by atoms with E-state index in [1.807, 2.05) is 6.07 Å². The monoisotopic (exact) mass is 225 g/mol. The molecule has 0 atom stereocenters. The van der Waals surface area contributed by atoms with Crippen molar-refractivity contribution in [1.29, 1.82) is 0 Å². The summed E-state index contributed by atoms with van der Waals surface area (Å²) in [5.74, 6) is 0. The molecule has 0 N–H and O–H groups in total. The van der Waals surface area contributed by atoms with Crippen LogP contribution in [0.1, 0.15) is 22.5 Å². The van der Waals surface area contributed by atoms with Crippen LogP contribution in [-0.4, -0.2) is 32.6 Å². The highest BCUT2D eigenvalue weighted by Gasteiger charge is 2.29. The van der Waals surface area contributed by atoms with Gasteiger partial charge in [0, 0.05) is 30.8 Å². The van der Waals surface area contributed by atoms with E-state index in [0.29, 0.717) is 6.04 Å². The molecule has 15 heavy (non-hydrogen) atoms. The molecule has 82 valence electrons. The lowest BCUT2D eigenvalue weighted by Gasteiger charge is -2.22. The maximum absolute atomic E-state index is 10.6. The molecule has 0 amide bonds. The second-order valence-corrected chi connectivity index (χ2v) is 4.69. The van der Waals surface area contributed by atoms with E-state index in [2.05, 4.69) is 10.3 Å². The van der Waals surface area contributed by atoms with Gasteiger partial charge in [0.1, 0.15) is 0 Å². The minimum absolute atomic E-state index is 0.661. The number of carbonyl (C=O) groups is 1. The van der Waals surface area contributed by atoms with Crippen LogP contribution in [0.4, 0.5) is 5.69 Å². The highest BCUT2D eigenvalue weighted by atomic mass is 32.1. The standard InChI is InChI=1S/C11H15NO2S/c1-14-5-4-12(9-2-3-9)10-6-11(7-13)15-8-10/h6-9H,2-5H2,1H3. The molecule has 0 saturated heterocycles. The Kier molecular flexibility index (Phi) is 3.38. The molecule has 1 fully saturated rings. The number of rotatable bonds is 6. The van der Waals surface area contributed by atoms with Gasteiger partial charge in [-0.15, -0.1) is 11.3 Å². The van der Waals surface area contributed by atoms with Crippen LogP contribution in [0.25, 0.3) is 0 Å². The number of aldehydes is 1. The third-order valence-electron chi connectivity index (χ3n) is 2.58. The largest absolute Gasteiger partial charge is 0.383 e. The Labute approximate surface area is 93.7 Å². The molecule has 1 aromatic rings. The Morgan fingerprint density at radius 1 is 1.67 bits per heavy atom. The summed E-state index contributed by atoms with van der Waals surface area (Å²) in [6, 6.07) is 2.63. The van der Waals surface area contributed by atoms with Crippen LogP contribution in [0.15, 0.2) is 11.4 Å². The Bertz CT molecular complexity index is 333. The number of anilines is 1. The summed E-state index contributed by atoms with van der Waals surface area (Å²) in [6.45, 7) is 1.65. The summed E-state index contributed by atoms with van der Waals surface area (Å²) in [7, 11) is 1.72. The molecule has 0 radical (unpaired) electrons. The van der Waals surface area contributed by atoms with Crippen LogP contribution in [0, 0.1) is 0 Å². The number of thiophene rings is 1. The van der Waals surface area contributed by atoms with Crippen molar-refractivity contribution in [1.82, 2.24) is 0 Å². The SMILES string of the molecule is COCCN(c1csc(C=O)c1)C1CC1. The van der Waals surface area contributed by atoms with E-state index < -0.39 is 0 Å². The molecule has 1 aliphatic carbocycles. The molecule has 0 bridgehead atoms. The lowest BCUT2D eigenvalue weighted by molar-refractivity contribution is 0.112. The Balaban J connectivity index is 2.05. The fourth-order valence-corrected chi connectivity index (χ4v) is 2.36. The number of hydrogen-bond acceptors (Lipinski definition) is 4. The summed E-state index contributed by atoms with van der Waals surface area (Å²) in [5.41, 5.74) is 1.17. The average Bonchev–Trinajstić information content (AvgIpc) is 2.97. The molecule has 0 aliphatic heterocycles. The maximum Gasteiger partial charge on any atom is 0.160 e. The average molecular weight is 225 g/mol. The predicted molar refractivity (Wildman–Crippen MR) is 62.0 cm³/mol. The lowest BCUT2D eigenvalue weighted by Crippen LogP contribution is -2.28. The van der Waals surface area contributed by atoms with Crippen LogP contribution in [0.5, 0.6) is 0 Å². The first-order valence-corrected chi connectivity index (χ1v) is 6.02. The van der Waals surface area contributed by atoms with Gasteiger partial charge in [0.25, 0.3) is 0 Å². The van der Waals surface area contributed by atoms with Gasteiger partial charge < -0.3 is 9.64 Å². The van der Waals surface area contributed by atoms with Gasteiger partial charge in [-0.2, -0.15) is 0 Å². The third-order valence-corrected chi connectivity index (χ3v) is 3.42. The number of ether oxygens (including phenoxy) is 1. The van der Waals surface area contributed by atoms with Crippen molar-refractivity contribution in [2.75, 3.05) is 25.2 Å². The van der Waals surface area contributed by atoms with Crippen LogP contribution < -0.4 is 4.90 Å². The van der Waals surface area contributed by atoms with Gasteiger partial charge in [0.15, 0.2) is 6.29 Å². The van der Waals surface area contributed by atoms with E-state index in [1.165, 1.54) is 29.9 Å². The van der Waals surface area contributed by atoms with Crippen LogP contribution in [0.3, 0.4) is 0 Å².